The van der Waals surface area contributed by atoms with Crippen LogP contribution in [0, 0.1) is 5.92 Å². The predicted octanol–water partition coefficient (Wildman–Crippen LogP) is 1.36. The lowest BCUT2D eigenvalue weighted by atomic mass is 9.90. The maximum absolute atomic E-state index is 12.6. The molecule has 0 radical (unpaired) electrons. The van der Waals surface area contributed by atoms with E-state index in [2.05, 4.69) is 12.2 Å². The number of piperazine rings is 1. The highest BCUT2D eigenvalue weighted by molar-refractivity contribution is 7.14. The van der Waals surface area contributed by atoms with Gasteiger partial charge in [-0.2, -0.15) is 0 Å². The van der Waals surface area contributed by atoms with Crippen LogP contribution in [0.4, 0.5) is 0 Å². The summed E-state index contributed by atoms with van der Waals surface area (Å²) in [6, 6.07) is 1.34. The Morgan fingerprint density at radius 2 is 2.14 bits per heavy atom. The standard InChI is InChI=1S/C15H18N2O3S/c1-8-3-4-11-10(5-8)6-12(21-11)15(20)17-7-13(18)16-14(19)9(17)2/h6,8-9H,3-5,7H2,1-2H3,(H,16,18,19). The smallest absolute Gasteiger partial charge is 0.265 e. The van der Waals surface area contributed by atoms with Crippen LogP contribution in [0.2, 0.25) is 0 Å². The molecular weight excluding hydrogens is 288 g/mol. The third-order valence-electron chi connectivity index (χ3n) is 4.22. The molecule has 1 fully saturated rings. The van der Waals surface area contributed by atoms with E-state index in [1.165, 1.54) is 26.7 Å². The minimum atomic E-state index is -0.603. The lowest BCUT2D eigenvalue weighted by Gasteiger charge is -2.31. The van der Waals surface area contributed by atoms with Gasteiger partial charge in [0, 0.05) is 4.88 Å². The molecule has 6 heteroatoms. The summed E-state index contributed by atoms with van der Waals surface area (Å²) in [6.45, 7) is 3.82. The molecule has 1 aromatic rings. The number of rotatable bonds is 1. The highest BCUT2D eigenvalue weighted by Crippen LogP contribution is 2.33. The fraction of sp³-hybridized carbons (Fsp3) is 0.533. The molecule has 0 aromatic carbocycles. The van der Waals surface area contributed by atoms with E-state index in [1.807, 2.05) is 6.07 Å². The molecule has 2 aliphatic rings. The van der Waals surface area contributed by atoms with Crippen molar-refractivity contribution >= 4 is 29.1 Å². The van der Waals surface area contributed by atoms with Gasteiger partial charge in [-0.25, -0.2) is 0 Å². The lowest BCUT2D eigenvalue weighted by molar-refractivity contribution is -0.138. The highest BCUT2D eigenvalue weighted by Gasteiger charge is 2.35. The van der Waals surface area contributed by atoms with E-state index in [9.17, 15) is 14.4 Å². The minimum absolute atomic E-state index is 0.0509. The van der Waals surface area contributed by atoms with Crippen molar-refractivity contribution in [3.05, 3.63) is 21.4 Å². The summed E-state index contributed by atoms with van der Waals surface area (Å²) in [4.78, 5) is 39.0. The van der Waals surface area contributed by atoms with Gasteiger partial charge in [0.05, 0.1) is 4.88 Å². The number of carbonyl (C=O) groups is 3. The number of amides is 3. The van der Waals surface area contributed by atoms with E-state index in [-0.39, 0.29) is 12.5 Å². The number of nitrogens with zero attached hydrogens (tertiary/aromatic N) is 1. The summed E-state index contributed by atoms with van der Waals surface area (Å²) in [5, 5.41) is 2.25. The minimum Gasteiger partial charge on any atom is -0.317 e. The number of aryl methyl sites for hydroxylation is 1. The van der Waals surface area contributed by atoms with E-state index >= 15 is 0 Å². The van der Waals surface area contributed by atoms with Gasteiger partial charge in [0.1, 0.15) is 12.6 Å². The number of hydrogen-bond donors (Lipinski definition) is 1. The summed E-state index contributed by atoms with van der Waals surface area (Å²) in [7, 11) is 0. The van der Waals surface area contributed by atoms with Gasteiger partial charge >= 0.3 is 0 Å². The van der Waals surface area contributed by atoms with Gasteiger partial charge in [-0.1, -0.05) is 6.92 Å². The third-order valence-corrected chi connectivity index (χ3v) is 5.45. The fourth-order valence-electron chi connectivity index (χ4n) is 2.91. The maximum atomic E-state index is 12.6. The van der Waals surface area contributed by atoms with Crippen LogP contribution in [-0.4, -0.2) is 35.2 Å². The van der Waals surface area contributed by atoms with Gasteiger partial charge in [0.25, 0.3) is 5.91 Å². The van der Waals surface area contributed by atoms with Crippen molar-refractivity contribution < 1.29 is 14.4 Å². The zero-order valence-corrected chi connectivity index (χ0v) is 13.0. The zero-order valence-electron chi connectivity index (χ0n) is 12.1. The summed E-state index contributed by atoms with van der Waals surface area (Å²) in [5.74, 6) is -0.384. The first-order valence-corrected chi connectivity index (χ1v) is 8.03. The van der Waals surface area contributed by atoms with Crippen LogP contribution >= 0.6 is 11.3 Å². The quantitative estimate of drug-likeness (QED) is 0.797. The number of fused-ring (bicyclic) bond motifs is 1. The van der Waals surface area contributed by atoms with Crippen molar-refractivity contribution in [2.75, 3.05) is 6.54 Å². The second-order valence-electron chi connectivity index (χ2n) is 5.93. The van der Waals surface area contributed by atoms with E-state index in [0.29, 0.717) is 10.8 Å². The van der Waals surface area contributed by atoms with Crippen LogP contribution in [0.5, 0.6) is 0 Å². The molecule has 5 nitrogen and oxygen atoms in total. The number of hydrogen-bond acceptors (Lipinski definition) is 4. The van der Waals surface area contributed by atoms with Gasteiger partial charge in [-0.05, 0) is 43.7 Å². The van der Waals surface area contributed by atoms with Crippen molar-refractivity contribution in [3.63, 3.8) is 0 Å². The molecule has 1 N–H and O–H groups in total. The molecule has 2 heterocycles. The Labute approximate surface area is 127 Å². The zero-order chi connectivity index (χ0) is 15.1. The van der Waals surface area contributed by atoms with Crippen molar-refractivity contribution in [2.45, 2.75) is 39.2 Å². The monoisotopic (exact) mass is 306 g/mol. The summed E-state index contributed by atoms with van der Waals surface area (Å²) >= 11 is 1.51. The molecule has 2 atom stereocenters. The van der Waals surface area contributed by atoms with Crippen molar-refractivity contribution in [1.29, 1.82) is 0 Å². The average molecular weight is 306 g/mol. The Kier molecular flexibility index (Phi) is 3.57. The van der Waals surface area contributed by atoms with E-state index in [4.69, 9.17) is 0 Å². The van der Waals surface area contributed by atoms with Gasteiger partial charge in [-0.3, -0.25) is 19.7 Å². The molecule has 1 aromatic heterocycles. The second-order valence-corrected chi connectivity index (χ2v) is 7.07. The second kappa shape index (κ2) is 5.26. The lowest BCUT2D eigenvalue weighted by Crippen LogP contribution is -2.58. The van der Waals surface area contributed by atoms with Crippen LogP contribution in [0.1, 0.15) is 40.4 Å². The van der Waals surface area contributed by atoms with Gasteiger partial charge in [-0.15, -0.1) is 11.3 Å². The normalized spacial score (nSPS) is 25.5. The van der Waals surface area contributed by atoms with E-state index in [1.54, 1.807) is 6.92 Å². The molecule has 1 aliphatic heterocycles. The molecule has 1 saturated heterocycles. The predicted molar refractivity (Wildman–Crippen MR) is 79.2 cm³/mol. The molecule has 3 rings (SSSR count). The largest absolute Gasteiger partial charge is 0.317 e. The van der Waals surface area contributed by atoms with Gasteiger partial charge in [0.2, 0.25) is 11.8 Å². The average Bonchev–Trinajstić information content (AvgIpc) is 2.85. The Morgan fingerprint density at radius 1 is 1.38 bits per heavy atom. The van der Waals surface area contributed by atoms with Crippen LogP contribution in [-0.2, 0) is 22.4 Å². The fourth-order valence-corrected chi connectivity index (χ4v) is 4.08. The Bertz CT molecular complexity index is 622. The molecule has 0 spiro atoms. The molecule has 2 unspecified atom stereocenters. The van der Waals surface area contributed by atoms with Crippen molar-refractivity contribution in [1.82, 2.24) is 10.2 Å². The van der Waals surface area contributed by atoms with Crippen molar-refractivity contribution in [3.8, 4) is 0 Å². The first-order valence-electron chi connectivity index (χ1n) is 7.22. The van der Waals surface area contributed by atoms with Crippen LogP contribution in [0.25, 0.3) is 0 Å². The first kappa shape index (κ1) is 14.3. The van der Waals surface area contributed by atoms with Crippen LogP contribution in [0.15, 0.2) is 6.07 Å². The number of imide groups is 1. The first-order chi connectivity index (χ1) is 9.95. The number of thiophene rings is 1. The Morgan fingerprint density at radius 3 is 2.90 bits per heavy atom. The topological polar surface area (TPSA) is 66.5 Å². The Hall–Kier alpha value is -1.69. The van der Waals surface area contributed by atoms with Crippen molar-refractivity contribution in [2.24, 2.45) is 5.92 Å². The van der Waals surface area contributed by atoms with Crippen LogP contribution in [0.3, 0.4) is 0 Å². The SMILES string of the molecule is CC1CCc2sc(C(=O)N3CC(=O)NC(=O)C3C)cc2C1. The molecule has 112 valence electrons. The molecule has 0 saturated carbocycles. The number of carbonyl (C=O) groups excluding carboxylic acids is 3. The van der Waals surface area contributed by atoms with Gasteiger partial charge < -0.3 is 4.90 Å². The summed E-state index contributed by atoms with van der Waals surface area (Å²) < 4.78 is 0. The number of nitrogens with one attached hydrogen (secondary N) is 1. The van der Waals surface area contributed by atoms with Crippen LogP contribution < -0.4 is 5.32 Å². The molecule has 1 aliphatic carbocycles. The summed E-state index contributed by atoms with van der Waals surface area (Å²) in [5.41, 5.74) is 1.25. The molecule has 0 bridgehead atoms. The molecule has 21 heavy (non-hydrogen) atoms. The summed E-state index contributed by atoms with van der Waals surface area (Å²) in [6.07, 6.45) is 3.18. The van der Waals surface area contributed by atoms with Gasteiger partial charge in [0.15, 0.2) is 0 Å². The van der Waals surface area contributed by atoms with E-state index < -0.39 is 17.9 Å². The highest BCUT2D eigenvalue weighted by atomic mass is 32.1. The van der Waals surface area contributed by atoms with E-state index in [0.717, 1.165) is 19.3 Å². The maximum Gasteiger partial charge on any atom is 0.265 e. The molecule has 3 amide bonds. The third kappa shape index (κ3) is 2.60. The molecular formula is C15H18N2O3S. The Balaban J connectivity index is 1.85.